The minimum absolute atomic E-state index is 0.168. The Kier molecular flexibility index (Phi) is 4.62. The lowest BCUT2D eigenvalue weighted by Gasteiger charge is -2.09. The topological polar surface area (TPSA) is 91.8 Å². The molecule has 120 valence electrons. The number of amides is 1. The van der Waals surface area contributed by atoms with E-state index in [0.717, 1.165) is 5.69 Å². The summed E-state index contributed by atoms with van der Waals surface area (Å²) in [6, 6.07) is 18.4. The maximum absolute atomic E-state index is 12.2. The highest BCUT2D eigenvalue weighted by molar-refractivity contribution is 6.03. The van der Waals surface area contributed by atoms with Gasteiger partial charge in [0.15, 0.2) is 0 Å². The van der Waals surface area contributed by atoms with Crippen LogP contribution in [0.4, 0.5) is 23.5 Å². The molecule has 0 saturated carbocycles. The number of anilines is 4. The molecule has 0 fully saturated rings. The molecule has 1 amide bonds. The van der Waals surface area contributed by atoms with Crippen LogP contribution >= 0.6 is 0 Å². The standard InChI is InChI=1S/C17H16N6O/c1-18-15-21-16(19-13-10-6-3-7-11-13)23-17(22-15)20-14(24)12-8-4-2-5-9-12/h2-11H,1H3,(H3,18,19,20,21,22,23,24). The Hall–Kier alpha value is -3.48. The highest BCUT2D eigenvalue weighted by atomic mass is 16.1. The Balaban J connectivity index is 1.82. The predicted molar refractivity (Wildman–Crippen MR) is 93.5 cm³/mol. The van der Waals surface area contributed by atoms with Crippen molar-refractivity contribution in [1.82, 2.24) is 15.0 Å². The quantitative estimate of drug-likeness (QED) is 0.669. The van der Waals surface area contributed by atoms with E-state index in [1.807, 2.05) is 36.4 Å². The lowest BCUT2D eigenvalue weighted by Crippen LogP contribution is -2.16. The van der Waals surface area contributed by atoms with E-state index in [9.17, 15) is 4.79 Å². The zero-order valence-electron chi connectivity index (χ0n) is 13.0. The van der Waals surface area contributed by atoms with Gasteiger partial charge in [-0.1, -0.05) is 36.4 Å². The minimum Gasteiger partial charge on any atom is -0.357 e. The van der Waals surface area contributed by atoms with Crippen molar-refractivity contribution in [1.29, 1.82) is 0 Å². The SMILES string of the molecule is CNc1nc(NC(=O)c2ccccc2)nc(Nc2ccccc2)n1. The molecule has 24 heavy (non-hydrogen) atoms. The zero-order chi connectivity index (χ0) is 16.8. The van der Waals surface area contributed by atoms with Crippen molar-refractivity contribution in [2.24, 2.45) is 0 Å². The molecule has 0 atom stereocenters. The number of nitrogens with zero attached hydrogens (tertiary/aromatic N) is 3. The second kappa shape index (κ2) is 7.19. The van der Waals surface area contributed by atoms with Gasteiger partial charge in [0.05, 0.1) is 0 Å². The van der Waals surface area contributed by atoms with Crippen LogP contribution < -0.4 is 16.0 Å². The Bertz CT molecular complexity index is 823. The van der Waals surface area contributed by atoms with Crippen molar-refractivity contribution in [3.8, 4) is 0 Å². The number of aromatic nitrogens is 3. The molecular weight excluding hydrogens is 304 g/mol. The summed E-state index contributed by atoms with van der Waals surface area (Å²) in [5.41, 5.74) is 1.37. The first-order valence-corrected chi connectivity index (χ1v) is 7.37. The fourth-order valence-corrected chi connectivity index (χ4v) is 2.01. The van der Waals surface area contributed by atoms with Gasteiger partial charge in [-0.05, 0) is 24.3 Å². The van der Waals surface area contributed by atoms with Crippen LogP contribution in [0, 0.1) is 0 Å². The van der Waals surface area contributed by atoms with E-state index in [4.69, 9.17) is 0 Å². The molecular formula is C17H16N6O. The fourth-order valence-electron chi connectivity index (χ4n) is 2.01. The smallest absolute Gasteiger partial charge is 0.258 e. The number of hydrogen-bond donors (Lipinski definition) is 3. The van der Waals surface area contributed by atoms with E-state index < -0.39 is 0 Å². The van der Waals surface area contributed by atoms with Crippen molar-refractivity contribution < 1.29 is 4.79 Å². The first-order chi connectivity index (χ1) is 11.7. The number of rotatable bonds is 5. The Morgan fingerprint density at radius 1 is 0.792 bits per heavy atom. The van der Waals surface area contributed by atoms with Crippen LogP contribution in [0.3, 0.4) is 0 Å². The van der Waals surface area contributed by atoms with Gasteiger partial charge >= 0.3 is 0 Å². The van der Waals surface area contributed by atoms with Gasteiger partial charge in [0.1, 0.15) is 0 Å². The van der Waals surface area contributed by atoms with Crippen LogP contribution in [-0.4, -0.2) is 27.9 Å². The molecule has 1 aromatic heterocycles. The Labute approximate surface area is 139 Å². The number of carbonyl (C=O) groups excluding carboxylic acids is 1. The Morgan fingerprint density at radius 2 is 1.38 bits per heavy atom. The van der Waals surface area contributed by atoms with Crippen LogP contribution in [0.2, 0.25) is 0 Å². The molecule has 1 heterocycles. The molecule has 0 aliphatic carbocycles. The molecule has 0 aliphatic heterocycles. The summed E-state index contributed by atoms with van der Waals surface area (Å²) in [5.74, 6) is 0.576. The van der Waals surface area contributed by atoms with Gasteiger partial charge in [-0.25, -0.2) is 0 Å². The molecule has 0 unspecified atom stereocenters. The normalized spacial score (nSPS) is 10.0. The zero-order valence-corrected chi connectivity index (χ0v) is 13.0. The summed E-state index contributed by atoms with van der Waals surface area (Å²) in [5, 5.41) is 8.61. The third kappa shape index (κ3) is 3.83. The molecule has 3 aromatic rings. The van der Waals surface area contributed by atoms with E-state index in [-0.39, 0.29) is 11.9 Å². The van der Waals surface area contributed by atoms with E-state index in [2.05, 4.69) is 30.9 Å². The molecule has 7 nitrogen and oxygen atoms in total. The third-order valence-corrected chi connectivity index (χ3v) is 3.15. The predicted octanol–water partition coefficient (Wildman–Crippen LogP) is 2.91. The average Bonchev–Trinajstić information content (AvgIpc) is 2.63. The number of nitrogens with one attached hydrogen (secondary N) is 3. The number of carbonyl (C=O) groups is 1. The van der Waals surface area contributed by atoms with Gasteiger partial charge in [0.25, 0.3) is 5.91 Å². The lowest BCUT2D eigenvalue weighted by molar-refractivity contribution is 0.102. The highest BCUT2D eigenvalue weighted by Gasteiger charge is 2.10. The summed E-state index contributed by atoms with van der Waals surface area (Å²) < 4.78 is 0. The highest BCUT2D eigenvalue weighted by Crippen LogP contribution is 2.15. The van der Waals surface area contributed by atoms with Crippen molar-refractivity contribution in [2.45, 2.75) is 0 Å². The van der Waals surface area contributed by atoms with E-state index >= 15 is 0 Å². The molecule has 0 spiro atoms. The molecule has 3 rings (SSSR count). The van der Waals surface area contributed by atoms with E-state index in [1.54, 1.807) is 31.3 Å². The van der Waals surface area contributed by atoms with E-state index in [1.165, 1.54) is 0 Å². The number of para-hydroxylation sites is 1. The van der Waals surface area contributed by atoms with Gasteiger partial charge in [-0.2, -0.15) is 15.0 Å². The van der Waals surface area contributed by atoms with Crippen LogP contribution in [0.15, 0.2) is 60.7 Å². The molecule has 3 N–H and O–H groups in total. The monoisotopic (exact) mass is 320 g/mol. The van der Waals surface area contributed by atoms with Crippen LogP contribution in [0.1, 0.15) is 10.4 Å². The van der Waals surface area contributed by atoms with Gasteiger partial charge < -0.3 is 10.6 Å². The molecule has 0 bridgehead atoms. The molecule has 7 heteroatoms. The lowest BCUT2D eigenvalue weighted by atomic mass is 10.2. The fraction of sp³-hybridized carbons (Fsp3) is 0.0588. The molecule has 0 aliphatic rings. The maximum Gasteiger partial charge on any atom is 0.258 e. The van der Waals surface area contributed by atoms with Crippen LogP contribution in [0.25, 0.3) is 0 Å². The molecule has 0 radical (unpaired) electrons. The number of hydrogen-bond acceptors (Lipinski definition) is 6. The van der Waals surface area contributed by atoms with Crippen molar-refractivity contribution in [3.05, 3.63) is 66.2 Å². The molecule has 0 saturated heterocycles. The molecule has 2 aromatic carbocycles. The van der Waals surface area contributed by atoms with Gasteiger partial charge in [-0.3, -0.25) is 10.1 Å². The first-order valence-electron chi connectivity index (χ1n) is 7.37. The van der Waals surface area contributed by atoms with Crippen molar-refractivity contribution in [3.63, 3.8) is 0 Å². The third-order valence-electron chi connectivity index (χ3n) is 3.15. The van der Waals surface area contributed by atoms with Crippen molar-refractivity contribution >= 4 is 29.4 Å². The summed E-state index contributed by atoms with van der Waals surface area (Å²) in [6.07, 6.45) is 0. The van der Waals surface area contributed by atoms with E-state index in [0.29, 0.717) is 17.5 Å². The largest absolute Gasteiger partial charge is 0.357 e. The first kappa shape index (κ1) is 15.4. The number of benzene rings is 2. The summed E-state index contributed by atoms with van der Waals surface area (Å²) in [7, 11) is 1.70. The average molecular weight is 320 g/mol. The second-order valence-corrected chi connectivity index (χ2v) is 4.87. The summed E-state index contributed by atoms with van der Waals surface area (Å²) in [4.78, 5) is 24.9. The second-order valence-electron chi connectivity index (χ2n) is 4.87. The Morgan fingerprint density at radius 3 is 2.04 bits per heavy atom. The van der Waals surface area contributed by atoms with Gasteiger partial charge in [0, 0.05) is 18.3 Å². The van der Waals surface area contributed by atoms with Crippen LogP contribution in [-0.2, 0) is 0 Å². The van der Waals surface area contributed by atoms with Crippen LogP contribution in [0.5, 0.6) is 0 Å². The van der Waals surface area contributed by atoms with Crippen molar-refractivity contribution in [2.75, 3.05) is 23.0 Å². The summed E-state index contributed by atoms with van der Waals surface area (Å²) in [6.45, 7) is 0. The maximum atomic E-state index is 12.2. The van der Waals surface area contributed by atoms with Gasteiger partial charge in [0.2, 0.25) is 17.8 Å². The minimum atomic E-state index is -0.283. The van der Waals surface area contributed by atoms with Gasteiger partial charge in [-0.15, -0.1) is 0 Å². The summed E-state index contributed by atoms with van der Waals surface area (Å²) >= 11 is 0.